The van der Waals surface area contributed by atoms with E-state index >= 15 is 0 Å². The average molecular weight is 150 g/mol. The van der Waals surface area contributed by atoms with E-state index in [2.05, 4.69) is 0 Å². The van der Waals surface area contributed by atoms with Crippen LogP contribution in [-0.4, -0.2) is 17.0 Å². The summed E-state index contributed by atoms with van der Waals surface area (Å²) in [5.41, 5.74) is 0. The molecule has 0 bridgehead atoms. The van der Waals surface area contributed by atoms with Crippen LogP contribution in [0.15, 0.2) is 0 Å². The van der Waals surface area contributed by atoms with E-state index in [1.807, 2.05) is 0 Å². The zero-order valence-corrected chi connectivity index (χ0v) is 5.31. The van der Waals surface area contributed by atoms with Gasteiger partial charge in [-0.15, -0.1) is 0 Å². The highest BCUT2D eigenvalue weighted by molar-refractivity contribution is 5.67. The molecule has 0 heterocycles. The molecule has 0 aromatic carbocycles. The first-order valence-corrected chi connectivity index (χ1v) is 3.09. The van der Waals surface area contributed by atoms with E-state index in [0.29, 0.717) is 0 Å². The van der Waals surface area contributed by atoms with E-state index in [1.165, 1.54) is 0 Å². The molecule has 10 heavy (non-hydrogen) atoms. The highest BCUT2D eigenvalue weighted by Crippen LogP contribution is 2.43. The zero-order valence-electron chi connectivity index (χ0n) is 5.31. The number of carbonyl (C=O) groups is 1. The van der Waals surface area contributed by atoms with Crippen molar-refractivity contribution in [1.82, 2.24) is 0 Å². The molecule has 0 aliphatic heterocycles. The molecular formula is C6H8F2O2. The van der Waals surface area contributed by atoms with Crippen LogP contribution in [0.2, 0.25) is 0 Å². The minimum absolute atomic E-state index is 0.115. The summed E-state index contributed by atoms with van der Waals surface area (Å²) >= 11 is 0. The molecule has 0 aromatic rings. The fourth-order valence-electron chi connectivity index (χ4n) is 1.18. The van der Waals surface area contributed by atoms with E-state index < -0.39 is 11.9 Å². The Morgan fingerprint density at radius 3 is 2.40 bits per heavy atom. The molecule has 1 aliphatic rings. The molecule has 0 unspecified atom stereocenters. The molecule has 0 saturated heterocycles. The van der Waals surface area contributed by atoms with Crippen LogP contribution in [-0.2, 0) is 4.79 Å². The third-order valence-electron chi connectivity index (χ3n) is 1.64. The Morgan fingerprint density at radius 2 is 2.10 bits per heavy atom. The van der Waals surface area contributed by atoms with Gasteiger partial charge in [-0.2, -0.15) is 0 Å². The molecule has 4 heteroatoms. The molecule has 0 aromatic heterocycles. The van der Waals surface area contributed by atoms with Gasteiger partial charge in [-0.05, 0) is 5.92 Å². The van der Waals surface area contributed by atoms with Gasteiger partial charge in [0.05, 0.1) is 0 Å². The highest BCUT2D eigenvalue weighted by Gasteiger charge is 2.45. The summed E-state index contributed by atoms with van der Waals surface area (Å²) in [6.07, 6.45) is -0.617. The van der Waals surface area contributed by atoms with Crippen molar-refractivity contribution in [3.05, 3.63) is 0 Å². The van der Waals surface area contributed by atoms with Gasteiger partial charge in [0.2, 0.25) is 5.92 Å². The summed E-state index contributed by atoms with van der Waals surface area (Å²) in [5, 5.41) is 8.17. The molecule has 58 valence electrons. The van der Waals surface area contributed by atoms with Crippen molar-refractivity contribution in [2.24, 2.45) is 5.92 Å². The van der Waals surface area contributed by atoms with Gasteiger partial charge in [0.1, 0.15) is 0 Å². The first kappa shape index (κ1) is 7.44. The van der Waals surface area contributed by atoms with Crippen LogP contribution in [0.25, 0.3) is 0 Å². The molecule has 1 N–H and O–H groups in total. The third kappa shape index (κ3) is 1.65. The number of halogens is 2. The summed E-state index contributed by atoms with van der Waals surface area (Å²) in [6, 6.07) is 0. The van der Waals surface area contributed by atoms with Crippen molar-refractivity contribution < 1.29 is 18.7 Å². The summed E-state index contributed by atoms with van der Waals surface area (Å²) in [5.74, 6) is -3.87. The minimum Gasteiger partial charge on any atom is -0.481 e. The first-order valence-electron chi connectivity index (χ1n) is 3.09. The second-order valence-electron chi connectivity index (χ2n) is 2.73. The molecule has 0 spiro atoms. The summed E-state index contributed by atoms with van der Waals surface area (Å²) in [6.45, 7) is 0. The summed E-state index contributed by atoms with van der Waals surface area (Å²) in [4.78, 5) is 9.97. The monoisotopic (exact) mass is 150 g/mol. The third-order valence-corrected chi connectivity index (χ3v) is 1.64. The Morgan fingerprint density at radius 1 is 1.60 bits per heavy atom. The van der Waals surface area contributed by atoms with Gasteiger partial charge in [0.15, 0.2) is 0 Å². The lowest BCUT2D eigenvalue weighted by Crippen LogP contribution is -2.36. The summed E-state index contributed by atoms with van der Waals surface area (Å²) < 4.78 is 24.1. The van der Waals surface area contributed by atoms with Crippen molar-refractivity contribution in [2.45, 2.75) is 25.2 Å². The molecule has 1 aliphatic carbocycles. The van der Waals surface area contributed by atoms with Gasteiger partial charge in [-0.1, -0.05) is 0 Å². The number of alkyl halides is 2. The van der Waals surface area contributed by atoms with Gasteiger partial charge >= 0.3 is 5.97 Å². The molecule has 2 nitrogen and oxygen atoms in total. The Balaban J connectivity index is 2.21. The Labute approximate surface area is 56.8 Å². The van der Waals surface area contributed by atoms with Crippen LogP contribution in [0.3, 0.4) is 0 Å². The lowest BCUT2D eigenvalue weighted by atomic mass is 9.79. The second-order valence-corrected chi connectivity index (χ2v) is 2.73. The summed E-state index contributed by atoms with van der Waals surface area (Å²) in [7, 11) is 0. The Kier molecular flexibility index (Phi) is 1.62. The van der Waals surface area contributed by atoms with Crippen molar-refractivity contribution in [3.63, 3.8) is 0 Å². The average Bonchev–Trinajstić information content (AvgIpc) is 1.57. The fourth-order valence-corrected chi connectivity index (χ4v) is 1.18. The van der Waals surface area contributed by atoms with Gasteiger partial charge in [0.25, 0.3) is 0 Å². The van der Waals surface area contributed by atoms with E-state index in [4.69, 9.17) is 5.11 Å². The van der Waals surface area contributed by atoms with Gasteiger partial charge in [-0.3, -0.25) is 4.79 Å². The van der Waals surface area contributed by atoms with Gasteiger partial charge in [0, 0.05) is 19.3 Å². The predicted octanol–water partition coefficient (Wildman–Crippen LogP) is 1.51. The molecule has 1 rings (SSSR count). The topological polar surface area (TPSA) is 37.3 Å². The molecule has 0 radical (unpaired) electrons. The first-order chi connectivity index (χ1) is 4.49. The number of rotatable bonds is 2. The van der Waals surface area contributed by atoms with Crippen LogP contribution in [0.4, 0.5) is 8.78 Å². The Hall–Kier alpha value is -0.670. The maximum absolute atomic E-state index is 12.0. The van der Waals surface area contributed by atoms with Crippen molar-refractivity contribution in [2.75, 3.05) is 0 Å². The number of aliphatic carboxylic acids is 1. The van der Waals surface area contributed by atoms with Crippen LogP contribution in [0.5, 0.6) is 0 Å². The normalized spacial score (nSPS) is 23.8. The largest absolute Gasteiger partial charge is 0.481 e. The van der Waals surface area contributed by atoms with Gasteiger partial charge in [-0.25, -0.2) is 8.78 Å². The SMILES string of the molecule is O=C(O)CC1CC(F)(F)C1. The van der Waals surface area contributed by atoms with Crippen molar-refractivity contribution in [1.29, 1.82) is 0 Å². The molecular weight excluding hydrogens is 142 g/mol. The Bertz CT molecular complexity index is 148. The van der Waals surface area contributed by atoms with Crippen LogP contribution >= 0.6 is 0 Å². The molecule has 1 saturated carbocycles. The highest BCUT2D eigenvalue weighted by atomic mass is 19.3. The van der Waals surface area contributed by atoms with Crippen LogP contribution < -0.4 is 0 Å². The van der Waals surface area contributed by atoms with E-state index in [0.717, 1.165) is 0 Å². The van der Waals surface area contributed by atoms with Gasteiger partial charge < -0.3 is 5.11 Å². The maximum atomic E-state index is 12.0. The van der Waals surface area contributed by atoms with Crippen molar-refractivity contribution in [3.8, 4) is 0 Å². The molecule has 0 amide bonds. The minimum atomic E-state index is -2.58. The van der Waals surface area contributed by atoms with E-state index in [1.54, 1.807) is 0 Å². The number of hydrogen-bond acceptors (Lipinski definition) is 1. The standard InChI is InChI=1S/C6H8F2O2/c7-6(8)2-4(3-6)1-5(9)10/h4H,1-3H2,(H,9,10). The molecule has 0 atom stereocenters. The number of carboxylic acid groups (broad SMARTS) is 1. The lowest BCUT2D eigenvalue weighted by molar-refractivity contribution is -0.147. The molecule has 1 fully saturated rings. The fraction of sp³-hybridized carbons (Fsp3) is 0.833. The van der Waals surface area contributed by atoms with E-state index in [9.17, 15) is 13.6 Å². The smallest absolute Gasteiger partial charge is 0.303 e. The van der Waals surface area contributed by atoms with Crippen LogP contribution in [0.1, 0.15) is 19.3 Å². The zero-order chi connectivity index (χ0) is 7.78. The van der Waals surface area contributed by atoms with E-state index in [-0.39, 0.29) is 25.2 Å². The lowest BCUT2D eigenvalue weighted by Gasteiger charge is -2.33. The van der Waals surface area contributed by atoms with Crippen LogP contribution in [0, 0.1) is 5.92 Å². The number of hydrogen-bond donors (Lipinski definition) is 1. The predicted molar refractivity (Wildman–Crippen MR) is 29.9 cm³/mol. The quantitative estimate of drug-likeness (QED) is 0.647. The van der Waals surface area contributed by atoms with Crippen molar-refractivity contribution >= 4 is 5.97 Å². The second kappa shape index (κ2) is 2.18. The maximum Gasteiger partial charge on any atom is 0.303 e. The number of carboxylic acids is 1.